The highest BCUT2D eigenvalue weighted by Gasteiger charge is 2.07. The Kier molecular flexibility index (Phi) is 8.24. The van der Waals surface area contributed by atoms with Gasteiger partial charge in [0, 0.05) is 11.4 Å². The maximum Gasteiger partial charge on any atom is 0.250 e. The van der Waals surface area contributed by atoms with Crippen molar-refractivity contribution in [3.8, 4) is 5.75 Å². The summed E-state index contributed by atoms with van der Waals surface area (Å²) in [5, 5.41) is 4.59. The van der Waals surface area contributed by atoms with Crippen molar-refractivity contribution in [2.24, 2.45) is 5.10 Å². The van der Waals surface area contributed by atoms with Gasteiger partial charge in [-0.2, -0.15) is 5.10 Å². The molecule has 1 atom stereocenters. The Hall–Kier alpha value is -1.93. The molecule has 0 aliphatic heterocycles. The van der Waals surface area contributed by atoms with Gasteiger partial charge in [0.05, 0.1) is 22.5 Å². The van der Waals surface area contributed by atoms with E-state index in [1.165, 1.54) is 11.8 Å². The van der Waals surface area contributed by atoms with Crippen LogP contribution in [0.1, 0.15) is 37.2 Å². The summed E-state index contributed by atoms with van der Waals surface area (Å²) in [7, 11) is 0. The van der Waals surface area contributed by atoms with Crippen LogP contribution in [-0.4, -0.2) is 33.9 Å². The molecule has 0 bridgehead atoms. The van der Waals surface area contributed by atoms with Crippen LogP contribution in [-0.2, 0) is 4.79 Å². The monoisotopic (exact) mass is 450 g/mol. The van der Waals surface area contributed by atoms with E-state index in [4.69, 9.17) is 4.74 Å². The van der Waals surface area contributed by atoms with Crippen LogP contribution >= 0.6 is 27.7 Å². The van der Waals surface area contributed by atoms with E-state index in [1.54, 1.807) is 6.21 Å². The van der Waals surface area contributed by atoms with Crippen LogP contribution in [0.3, 0.4) is 0 Å². The number of benzene rings is 1. The van der Waals surface area contributed by atoms with Crippen LogP contribution in [0.4, 0.5) is 0 Å². The normalized spacial score (nSPS) is 12.2. The second-order valence-electron chi connectivity index (χ2n) is 6.04. The van der Waals surface area contributed by atoms with Crippen molar-refractivity contribution in [1.29, 1.82) is 0 Å². The number of halogens is 1. The molecule has 144 valence electrons. The van der Waals surface area contributed by atoms with Gasteiger partial charge in [-0.15, -0.1) is 0 Å². The molecule has 1 heterocycles. The molecule has 1 N–H and O–H groups in total. The number of hydrazone groups is 1. The van der Waals surface area contributed by atoms with Crippen LogP contribution in [0.2, 0.25) is 0 Å². The number of amides is 1. The SMILES string of the molecule is CC[C@H](C)Oc1ccc(/C=N\NC(=O)CSc2nc(C)cc(C)n2)cc1Br. The molecule has 2 rings (SSSR count). The number of rotatable bonds is 8. The smallest absolute Gasteiger partial charge is 0.250 e. The lowest BCUT2D eigenvalue weighted by Crippen LogP contribution is -2.19. The first-order valence-electron chi connectivity index (χ1n) is 8.60. The Morgan fingerprint density at radius 3 is 2.67 bits per heavy atom. The summed E-state index contributed by atoms with van der Waals surface area (Å²) in [6.07, 6.45) is 2.68. The van der Waals surface area contributed by atoms with Crippen LogP contribution in [0.15, 0.2) is 39.0 Å². The number of nitrogens with zero attached hydrogens (tertiary/aromatic N) is 3. The zero-order valence-electron chi connectivity index (χ0n) is 15.8. The number of hydrogen-bond donors (Lipinski definition) is 1. The third-order valence-electron chi connectivity index (χ3n) is 3.56. The van der Waals surface area contributed by atoms with Gasteiger partial charge in [-0.05, 0) is 73.0 Å². The molecular weight excluding hydrogens is 428 g/mol. The second-order valence-corrected chi connectivity index (χ2v) is 7.84. The summed E-state index contributed by atoms with van der Waals surface area (Å²) in [6, 6.07) is 7.56. The van der Waals surface area contributed by atoms with Gasteiger partial charge in [-0.3, -0.25) is 4.79 Å². The molecule has 0 unspecified atom stereocenters. The Labute approximate surface area is 172 Å². The summed E-state index contributed by atoms with van der Waals surface area (Å²) in [6.45, 7) is 7.91. The molecule has 0 radical (unpaired) electrons. The summed E-state index contributed by atoms with van der Waals surface area (Å²) in [4.78, 5) is 20.5. The zero-order valence-corrected chi connectivity index (χ0v) is 18.2. The molecule has 6 nitrogen and oxygen atoms in total. The molecular formula is C19H23BrN4O2S. The molecule has 0 saturated heterocycles. The lowest BCUT2D eigenvalue weighted by Gasteiger charge is -2.14. The van der Waals surface area contributed by atoms with Gasteiger partial charge in [0.25, 0.3) is 5.91 Å². The average Bonchev–Trinajstić information content (AvgIpc) is 2.61. The van der Waals surface area contributed by atoms with Crippen LogP contribution in [0, 0.1) is 13.8 Å². The molecule has 0 saturated carbocycles. The molecule has 1 aromatic carbocycles. The number of hydrogen-bond acceptors (Lipinski definition) is 6. The lowest BCUT2D eigenvalue weighted by molar-refractivity contribution is -0.118. The number of nitrogens with one attached hydrogen (secondary N) is 1. The van der Waals surface area contributed by atoms with Crippen molar-refractivity contribution in [3.05, 3.63) is 45.7 Å². The summed E-state index contributed by atoms with van der Waals surface area (Å²) >= 11 is 4.78. The Bertz CT molecular complexity index is 809. The van der Waals surface area contributed by atoms with Crippen molar-refractivity contribution >= 4 is 39.8 Å². The molecule has 0 fully saturated rings. The fraction of sp³-hybridized carbons (Fsp3) is 0.368. The number of aromatic nitrogens is 2. The maximum absolute atomic E-state index is 11.9. The first-order valence-corrected chi connectivity index (χ1v) is 10.4. The Morgan fingerprint density at radius 1 is 1.33 bits per heavy atom. The summed E-state index contributed by atoms with van der Waals surface area (Å²) in [5.41, 5.74) is 5.13. The van der Waals surface area contributed by atoms with E-state index in [2.05, 4.69) is 43.3 Å². The number of aryl methyl sites for hydroxylation is 2. The third kappa shape index (κ3) is 7.30. The highest BCUT2D eigenvalue weighted by molar-refractivity contribution is 9.10. The molecule has 2 aromatic rings. The van der Waals surface area contributed by atoms with Gasteiger partial charge < -0.3 is 4.74 Å². The Balaban J connectivity index is 1.85. The van der Waals surface area contributed by atoms with Gasteiger partial charge >= 0.3 is 0 Å². The maximum atomic E-state index is 11.9. The van der Waals surface area contributed by atoms with E-state index in [0.29, 0.717) is 5.16 Å². The molecule has 0 spiro atoms. The molecule has 8 heteroatoms. The zero-order chi connectivity index (χ0) is 19.8. The molecule has 27 heavy (non-hydrogen) atoms. The minimum atomic E-state index is -0.213. The standard InChI is InChI=1S/C19H23BrN4O2S/c1-5-14(4)26-17-7-6-15(9-16(17)20)10-21-24-18(25)11-27-19-22-12(2)8-13(3)23-19/h6-10,14H,5,11H2,1-4H3,(H,24,25)/b21-10-/t14-/m0/s1. The fourth-order valence-electron chi connectivity index (χ4n) is 2.09. The molecule has 0 aliphatic rings. The number of carbonyl (C=O) groups excluding carboxylic acids is 1. The van der Waals surface area contributed by atoms with E-state index in [9.17, 15) is 4.79 Å². The third-order valence-corrected chi connectivity index (χ3v) is 5.02. The predicted molar refractivity (Wildman–Crippen MR) is 112 cm³/mol. The van der Waals surface area contributed by atoms with E-state index >= 15 is 0 Å². The van der Waals surface area contributed by atoms with Crippen LogP contribution in [0.5, 0.6) is 5.75 Å². The minimum Gasteiger partial charge on any atom is -0.490 e. The van der Waals surface area contributed by atoms with E-state index in [1.807, 2.05) is 45.0 Å². The highest BCUT2D eigenvalue weighted by Crippen LogP contribution is 2.26. The summed E-state index contributed by atoms with van der Waals surface area (Å²) in [5.74, 6) is 0.774. The lowest BCUT2D eigenvalue weighted by atomic mass is 10.2. The molecule has 0 aliphatic carbocycles. The highest BCUT2D eigenvalue weighted by atomic mass is 79.9. The van der Waals surface area contributed by atoms with Gasteiger partial charge in [0.2, 0.25) is 0 Å². The van der Waals surface area contributed by atoms with E-state index < -0.39 is 0 Å². The van der Waals surface area contributed by atoms with Gasteiger partial charge in [0.1, 0.15) is 5.75 Å². The largest absolute Gasteiger partial charge is 0.490 e. The number of carbonyl (C=O) groups is 1. The topological polar surface area (TPSA) is 76.5 Å². The Morgan fingerprint density at radius 2 is 2.04 bits per heavy atom. The van der Waals surface area contributed by atoms with Crippen LogP contribution in [0.25, 0.3) is 0 Å². The van der Waals surface area contributed by atoms with Gasteiger partial charge in [0.15, 0.2) is 5.16 Å². The van der Waals surface area contributed by atoms with Gasteiger partial charge in [-0.1, -0.05) is 18.7 Å². The number of thioether (sulfide) groups is 1. The molecule has 1 aromatic heterocycles. The first-order chi connectivity index (χ1) is 12.9. The second kappa shape index (κ2) is 10.4. The summed E-state index contributed by atoms with van der Waals surface area (Å²) < 4.78 is 6.65. The van der Waals surface area contributed by atoms with E-state index in [-0.39, 0.29) is 17.8 Å². The minimum absolute atomic E-state index is 0.152. The van der Waals surface area contributed by atoms with Gasteiger partial charge in [-0.25, -0.2) is 15.4 Å². The first kappa shape index (κ1) is 21.4. The number of ether oxygens (including phenoxy) is 1. The van der Waals surface area contributed by atoms with Crippen molar-refractivity contribution in [2.75, 3.05) is 5.75 Å². The van der Waals surface area contributed by atoms with E-state index in [0.717, 1.165) is 33.6 Å². The molecule has 1 amide bonds. The van der Waals surface area contributed by atoms with Crippen molar-refractivity contribution in [2.45, 2.75) is 45.4 Å². The van der Waals surface area contributed by atoms with Crippen LogP contribution < -0.4 is 10.2 Å². The van der Waals surface area contributed by atoms with Crippen molar-refractivity contribution in [3.63, 3.8) is 0 Å². The van der Waals surface area contributed by atoms with Crippen molar-refractivity contribution in [1.82, 2.24) is 15.4 Å². The average molecular weight is 451 g/mol. The quantitative estimate of drug-likeness (QED) is 0.281. The fourth-order valence-corrected chi connectivity index (χ4v) is 3.32. The van der Waals surface area contributed by atoms with Crippen molar-refractivity contribution < 1.29 is 9.53 Å². The predicted octanol–water partition coefficient (Wildman–Crippen LogP) is 4.28.